The fraction of sp³-hybridized carbons (Fsp3) is 0.650. The van der Waals surface area contributed by atoms with E-state index in [-0.39, 0.29) is 23.5 Å². The van der Waals surface area contributed by atoms with Crippen molar-refractivity contribution in [1.29, 1.82) is 0 Å². The molecule has 136 valence electrons. The van der Waals surface area contributed by atoms with Gasteiger partial charge in [0.25, 0.3) is 0 Å². The zero-order valence-corrected chi connectivity index (χ0v) is 15.5. The summed E-state index contributed by atoms with van der Waals surface area (Å²) in [5, 5.41) is 11.0. The Morgan fingerprint density at radius 2 is 2.08 bits per heavy atom. The summed E-state index contributed by atoms with van der Waals surface area (Å²) in [6.45, 7) is 2.90. The van der Waals surface area contributed by atoms with Crippen molar-refractivity contribution >= 4 is 5.78 Å². The van der Waals surface area contributed by atoms with Gasteiger partial charge >= 0.3 is 0 Å². The SMILES string of the molecule is COc1ccc2c(c1O)[C@]13CCN(C)[C@H](C2)C1(OC)C[C@H](C)C(=O)C3. The van der Waals surface area contributed by atoms with Gasteiger partial charge in [-0.1, -0.05) is 13.0 Å². The van der Waals surface area contributed by atoms with Crippen LogP contribution in [0.4, 0.5) is 0 Å². The fourth-order valence-electron chi connectivity index (χ4n) is 5.87. The number of nitrogens with zero attached hydrogens (tertiary/aromatic N) is 1. The van der Waals surface area contributed by atoms with Gasteiger partial charge in [-0.25, -0.2) is 0 Å². The molecule has 4 rings (SSSR count). The van der Waals surface area contributed by atoms with E-state index in [4.69, 9.17) is 9.47 Å². The first-order valence-corrected chi connectivity index (χ1v) is 9.07. The van der Waals surface area contributed by atoms with Crippen molar-refractivity contribution in [3.05, 3.63) is 23.3 Å². The summed E-state index contributed by atoms with van der Waals surface area (Å²) in [7, 11) is 5.48. The molecule has 4 atom stereocenters. The minimum atomic E-state index is -0.477. The van der Waals surface area contributed by atoms with Crippen LogP contribution in [0, 0.1) is 5.92 Å². The first-order valence-electron chi connectivity index (χ1n) is 9.07. The van der Waals surface area contributed by atoms with E-state index in [2.05, 4.69) is 11.9 Å². The molecule has 0 spiro atoms. The zero-order valence-electron chi connectivity index (χ0n) is 15.5. The lowest BCUT2D eigenvalue weighted by atomic mass is 9.47. The van der Waals surface area contributed by atoms with Gasteiger partial charge in [-0.15, -0.1) is 0 Å². The number of aromatic hydroxyl groups is 1. The maximum absolute atomic E-state index is 12.8. The quantitative estimate of drug-likeness (QED) is 0.891. The van der Waals surface area contributed by atoms with Crippen molar-refractivity contribution in [2.75, 3.05) is 27.8 Å². The summed E-state index contributed by atoms with van der Waals surface area (Å²) in [6.07, 6.45) is 2.76. The number of carbonyl (C=O) groups excluding carboxylic acids is 1. The molecule has 1 saturated carbocycles. The molecular weight excluding hydrogens is 318 g/mol. The summed E-state index contributed by atoms with van der Waals surface area (Å²) in [5.41, 5.74) is 1.07. The lowest BCUT2D eigenvalue weighted by Gasteiger charge is -2.65. The van der Waals surface area contributed by atoms with Crippen LogP contribution in [0.25, 0.3) is 0 Å². The van der Waals surface area contributed by atoms with Crippen LogP contribution < -0.4 is 4.74 Å². The Kier molecular flexibility index (Phi) is 3.68. The third-order valence-electron chi connectivity index (χ3n) is 7.11. The Hall–Kier alpha value is -1.59. The number of Topliss-reactive ketones (excluding diaryl/α,β-unsaturated/α-hetero) is 1. The Bertz CT molecular complexity index is 733. The van der Waals surface area contributed by atoms with E-state index in [1.165, 1.54) is 0 Å². The predicted molar refractivity (Wildman–Crippen MR) is 94.2 cm³/mol. The van der Waals surface area contributed by atoms with E-state index in [1.54, 1.807) is 14.2 Å². The van der Waals surface area contributed by atoms with E-state index in [0.717, 1.165) is 30.5 Å². The number of methoxy groups -OCH3 is 2. The van der Waals surface area contributed by atoms with Crippen molar-refractivity contribution in [3.8, 4) is 11.5 Å². The molecule has 3 aliphatic rings. The number of rotatable bonds is 2. The minimum absolute atomic E-state index is 0.0172. The largest absolute Gasteiger partial charge is 0.504 e. The molecule has 5 nitrogen and oxygen atoms in total. The molecule has 2 aliphatic carbocycles. The maximum atomic E-state index is 12.8. The highest BCUT2D eigenvalue weighted by molar-refractivity contribution is 5.85. The van der Waals surface area contributed by atoms with Crippen molar-refractivity contribution in [2.24, 2.45) is 5.92 Å². The average Bonchev–Trinajstić information content (AvgIpc) is 2.59. The second kappa shape index (κ2) is 5.45. The number of benzene rings is 1. The van der Waals surface area contributed by atoms with Gasteiger partial charge in [0.1, 0.15) is 5.78 Å². The minimum Gasteiger partial charge on any atom is -0.504 e. The normalized spacial score (nSPS) is 37.4. The van der Waals surface area contributed by atoms with Crippen molar-refractivity contribution in [3.63, 3.8) is 0 Å². The number of phenols is 1. The number of hydrogen-bond acceptors (Lipinski definition) is 5. The summed E-state index contributed by atoms with van der Waals surface area (Å²) in [6, 6.07) is 4.08. The highest BCUT2D eigenvalue weighted by Gasteiger charge is 2.67. The van der Waals surface area contributed by atoms with Gasteiger partial charge in [-0.05, 0) is 44.5 Å². The van der Waals surface area contributed by atoms with Gasteiger partial charge in [0, 0.05) is 36.5 Å². The van der Waals surface area contributed by atoms with Crippen LogP contribution in [0.2, 0.25) is 0 Å². The number of ketones is 1. The van der Waals surface area contributed by atoms with Crippen molar-refractivity contribution in [1.82, 2.24) is 4.90 Å². The standard InChI is InChI=1S/C20H27NO4/c1-12-10-20(25-4)16-9-13-5-6-15(24-3)18(23)17(13)19(20,11-14(12)22)7-8-21(16)2/h5-6,12,16,23H,7-11H2,1-4H3/t12-,16+,19+,20?/m0/s1. The molecule has 0 amide bonds. The Morgan fingerprint density at radius 3 is 2.76 bits per heavy atom. The number of likely N-dealkylation sites (tertiary alicyclic amines) is 1. The first-order chi connectivity index (χ1) is 11.9. The second-order valence-corrected chi connectivity index (χ2v) is 8.03. The number of likely N-dealkylation sites (N-methyl/N-ethyl adjacent to an activating group) is 1. The smallest absolute Gasteiger partial charge is 0.161 e. The summed E-state index contributed by atoms with van der Waals surface area (Å²) < 4.78 is 11.6. The lowest BCUT2D eigenvalue weighted by Crippen LogP contribution is -2.74. The topological polar surface area (TPSA) is 59.0 Å². The molecular formula is C20H27NO4. The van der Waals surface area contributed by atoms with E-state index < -0.39 is 11.0 Å². The van der Waals surface area contributed by atoms with E-state index in [1.807, 2.05) is 19.1 Å². The van der Waals surface area contributed by atoms with Gasteiger partial charge in [0.2, 0.25) is 0 Å². The lowest BCUT2D eigenvalue weighted by molar-refractivity contribution is -0.191. The van der Waals surface area contributed by atoms with Crippen LogP contribution in [0.3, 0.4) is 0 Å². The molecule has 1 heterocycles. The van der Waals surface area contributed by atoms with E-state index >= 15 is 0 Å². The van der Waals surface area contributed by atoms with Crippen LogP contribution in [0.15, 0.2) is 12.1 Å². The summed E-state index contributed by atoms with van der Waals surface area (Å²) in [4.78, 5) is 15.1. The van der Waals surface area contributed by atoms with Gasteiger partial charge in [-0.2, -0.15) is 0 Å². The van der Waals surface area contributed by atoms with Crippen LogP contribution in [0.1, 0.15) is 37.3 Å². The molecule has 2 fully saturated rings. The molecule has 2 bridgehead atoms. The molecule has 5 heteroatoms. The molecule has 0 radical (unpaired) electrons. The Morgan fingerprint density at radius 1 is 1.32 bits per heavy atom. The number of phenolic OH excluding ortho intramolecular Hbond substituents is 1. The van der Waals surface area contributed by atoms with Gasteiger partial charge in [-0.3, -0.25) is 4.79 Å². The second-order valence-electron chi connectivity index (χ2n) is 8.03. The highest BCUT2D eigenvalue weighted by Crippen LogP contribution is 2.62. The van der Waals surface area contributed by atoms with Crippen LogP contribution >= 0.6 is 0 Å². The monoisotopic (exact) mass is 345 g/mol. The number of carbonyl (C=O) groups is 1. The zero-order chi connectivity index (χ0) is 18.0. The molecule has 1 aromatic carbocycles. The Labute approximate surface area is 148 Å². The van der Waals surface area contributed by atoms with E-state index in [0.29, 0.717) is 18.6 Å². The molecule has 1 aromatic rings. The maximum Gasteiger partial charge on any atom is 0.161 e. The fourth-order valence-corrected chi connectivity index (χ4v) is 5.87. The van der Waals surface area contributed by atoms with Gasteiger partial charge in [0.15, 0.2) is 11.5 Å². The molecule has 1 aliphatic heterocycles. The molecule has 1 saturated heterocycles. The van der Waals surface area contributed by atoms with Crippen LogP contribution in [0.5, 0.6) is 11.5 Å². The number of fused-ring (bicyclic) bond motifs is 1. The predicted octanol–water partition coefficient (Wildman–Crippen LogP) is 2.28. The van der Waals surface area contributed by atoms with Crippen molar-refractivity contribution < 1.29 is 19.4 Å². The third-order valence-corrected chi connectivity index (χ3v) is 7.11. The van der Waals surface area contributed by atoms with Crippen LogP contribution in [-0.2, 0) is 21.4 Å². The average molecular weight is 345 g/mol. The highest BCUT2D eigenvalue weighted by atomic mass is 16.5. The summed E-state index contributed by atoms with van der Waals surface area (Å²) >= 11 is 0. The molecule has 0 aromatic heterocycles. The first kappa shape index (κ1) is 16.9. The van der Waals surface area contributed by atoms with Gasteiger partial charge in [0.05, 0.1) is 12.7 Å². The number of hydrogen-bond donors (Lipinski definition) is 1. The summed E-state index contributed by atoms with van der Waals surface area (Å²) in [5.74, 6) is 0.913. The Balaban J connectivity index is 2.03. The van der Waals surface area contributed by atoms with Crippen LogP contribution in [-0.4, -0.2) is 55.2 Å². The molecule has 1 unspecified atom stereocenters. The van der Waals surface area contributed by atoms with Crippen molar-refractivity contribution in [2.45, 2.75) is 49.7 Å². The third kappa shape index (κ3) is 1.94. The molecule has 1 N–H and O–H groups in total. The molecule has 25 heavy (non-hydrogen) atoms. The van der Waals surface area contributed by atoms with E-state index in [9.17, 15) is 9.90 Å². The number of piperidine rings is 1. The number of ether oxygens (including phenoxy) is 2. The van der Waals surface area contributed by atoms with Gasteiger partial charge < -0.3 is 19.5 Å².